The number of aliphatic imine (C=N–C) groups is 1. The van der Waals surface area contributed by atoms with E-state index in [1.165, 1.54) is 6.92 Å². The molecule has 8 bridgehead atoms. The summed E-state index contributed by atoms with van der Waals surface area (Å²) in [7, 11) is -5.10. The number of imidazole rings is 1. The van der Waals surface area contributed by atoms with E-state index in [2.05, 4.69) is 51.2 Å². The first-order valence-corrected chi connectivity index (χ1v) is 32.5. The van der Waals surface area contributed by atoms with E-state index >= 15 is 0 Å². The molecule has 4 unspecified atom stereocenters. The minimum absolute atomic E-state index is 0.0185. The summed E-state index contributed by atoms with van der Waals surface area (Å²) >= 11 is 0. The molecule has 27 nitrogen and oxygen atoms in total. The van der Waals surface area contributed by atoms with Gasteiger partial charge in [-0.05, 0) is 125 Å². The van der Waals surface area contributed by atoms with Crippen LogP contribution in [0.1, 0.15) is 150 Å². The van der Waals surface area contributed by atoms with Crippen molar-refractivity contribution < 1.29 is 71.6 Å². The largest absolute Gasteiger partial charge is 0.473 e. The van der Waals surface area contributed by atoms with E-state index in [0.29, 0.717) is 28.9 Å². The number of nitrogens with one attached hydrogen (secondary N) is 5. The first-order chi connectivity index (χ1) is 41.8. The number of phosphoric acid groups is 1. The van der Waals surface area contributed by atoms with Crippen LogP contribution in [0.3, 0.4) is 0 Å². The van der Waals surface area contributed by atoms with E-state index in [-0.39, 0.29) is 70.1 Å². The summed E-state index contributed by atoms with van der Waals surface area (Å²) in [5, 5.41) is 37.3. The highest BCUT2D eigenvalue weighted by Gasteiger charge is 2.68. The number of phosphoric ester groups is 1. The Morgan fingerprint density at radius 2 is 1.32 bits per heavy atom. The number of primary amides is 6. The van der Waals surface area contributed by atoms with Crippen LogP contribution in [0.5, 0.6) is 0 Å². The van der Waals surface area contributed by atoms with E-state index in [1.807, 2.05) is 67.5 Å². The number of carbonyl (C=O) groups is 7. The van der Waals surface area contributed by atoms with Gasteiger partial charge in [-0.1, -0.05) is 34.6 Å². The minimum Gasteiger partial charge on any atom is -0.394 e. The number of fused-ring (bicyclic) bond motifs is 10. The Bertz CT molecular complexity index is 3380. The SMILES string of the molecule is C/C1=C2/N[C@H]([C@H](CC(N)=O)[C@@]2(C)CCC(=O)N=C[C@@H](C)OP(=O)(O)O[C@H]2[C@@H](O)[C@@H]([n+]3c[nH]c4cc(C)c(C)cc43)O[C@@H]2CO)[C@]2(C)NC(/C(C)=C3\NC(/C=C4\NC1[C@@H](CCC(N)=O)C4(C)C)[C@@H](CCC(N)=O)[C@]3(C)CC(N)=O)[C@@H](CCC(N)=O)[C@]2(C)CC(N)=O. The third kappa shape index (κ3) is 13.1. The summed E-state index contributed by atoms with van der Waals surface area (Å²) in [5.74, 6) is -6.45. The second-order valence-electron chi connectivity index (χ2n) is 27.7. The molecule has 0 radical (unpaired) electrons. The molecule has 5 fully saturated rings. The van der Waals surface area contributed by atoms with Gasteiger partial charge in [0.05, 0.1) is 12.6 Å². The molecule has 8 rings (SSSR count). The first-order valence-electron chi connectivity index (χ1n) is 31.0. The molecule has 20 N–H and O–H groups in total. The van der Waals surface area contributed by atoms with Gasteiger partial charge in [0.2, 0.25) is 53.9 Å². The van der Waals surface area contributed by atoms with Crippen LogP contribution in [0.15, 0.2) is 57.8 Å². The number of carbonyl (C=O) groups excluding carboxylic acids is 7. The van der Waals surface area contributed by atoms with Crippen molar-refractivity contribution in [3.05, 3.63) is 63.9 Å². The molecule has 1 aromatic carbocycles. The Kier molecular flexibility index (Phi) is 19.9. The fourth-order valence-electron chi connectivity index (χ4n) is 16.6. The van der Waals surface area contributed by atoms with Crippen molar-refractivity contribution in [2.24, 2.45) is 84.7 Å². The predicted molar refractivity (Wildman–Crippen MR) is 331 cm³/mol. The quantitative estimate of drug-likeness (QED) is 0.0381. The third-order valence-electron chi connectivity index (χ3n) is 21.6. The van der Waals surface area contributed by atoms with Gasteiger partial charge in [0.25, 0.3) is 0 Å². The second kappa shape index (κ2) is 25.8. The first kappa shape index (κ1) is 69.3. The number of aromatic nitrogens is 2. The maximum absolute atomic E-state index is 14.3. The van der Waals surface area contributed by atoms with Gasteiger partial charge in [-0.15, -0.1) is 0 Å². The standard InChI is InChI=1S/C62H94N13O14P/c1-29-20-39-40(21-30(29)2)75(28-70-39)57-52(84)53(41(27-76)87-57)89-90(85,86)88-31(3)26-69-49(83)18-19-59(8)37(22-46(66)80)56-62(11)61(10,25-48(68)82)36(14-17-45(65)79)51(74-62)33(5)55-60(9,24-47(67)81)34(12-15-43(63)77)38(71-55)23-42-58(6,7)35(13-16-44(64)78)50(72-42)32(4)54(59)73-56/h20-21,23,26,28,31,34-38,41,50-53,56-57,71-74,76,84H,12-19,22,24-25,27H2,1-11H3,(H13,63,64,65,66,67,68,77,78,79,80,81,82,85,86)/p+1/b42-23-,54-32-,55-33-,69-26?/t31-,34-,35-,36-,37+,38?,41-,50?,51?,52-,53-,56-,57+,59-,60+,61+,62+/m1/s1. The van der Waals surface area contributed by atoms with E-state index in [4.69, 9.17) is 48.2 Å². The number of benzene rings is 1. The minimum atomic E-state index is -5.10. The Labute approximate surface area is 524 Å². The zero-order chi connectivity index (χ0) is 66.7. The molecule has 0 saturated carbocycles. The average Bonchev–Trinajstić information content (AvgIpc) is 1.53. The average molecular weight is 1280 g/mol. The number of nitrogens with zero attached hydrogens (tertiary/aromatic N) is 2. The van der Waals surface area contributed by atoms with E-state index in [1.54, 1.807) is 10.9 Å². The molecular formula is C62H95N13O14P+. The maximum Gasteiger partial charge on any atom is 0.473 e. The number of amides is 7. The summed E-state index contributed by atoms with van der Waals surface area (Å²) < 4.78 is 32.2. The van der Waals surface area contributed by atoms with Crippen LogP contribution in [-0.4, -0.2) is 128 Å². The molecule has 90 heavy (non-hydrogen) atoms. The highest BCUT2D eigenvalue weighted by molar-refractivity contribution is 7.47. The number of nitrogens with two attached hydrogens (primary N) is 6. The highest BCUT2D eigenvalue weighted by Crippen LogP contribution is 2.62. The lowest BCUT2D eigenvalue weighted by Gasteiger charge is -2.49. The van der Waals surface area contributed by atoms with Crippen molar-refractivity contribution in [2.45, 2.75) is 207 Å². The van der Waals surface area contributed by atoms with Crippen molar-refractivity contribution in [3.63, 3.8) is 0 Å². The van der Waals surface area contributed by atoms with Gasteiger partial charge in [-0.25, -0.2) is 14.5 Å². The molecular weight excluding hydrogens is 1180 g/mol. The predicted octanol–water partition coefficient (Wildman–Crippen LogP) is 1.62. The number of aromatic amines is 1. The fourth-order valence-corrected chi connectivity index (χ4v) is 17.7. The molecule has 496 valence electrons. The summed E-state index contributed by atoms with van der Waals surface area (Å²) in [6.07, 6.45) is -2.37. The van der Waals surface area contributed by atoms with Gasteiger partial charge in [0.15, 0.2) is 11.0 Å². The Hall–Kier alpha value is -6.58. The lowest BCUT2D eigenvalue weighted by atomic mass is 9.56. The number of aliphatic hydroxyl groups excluding tert-OH is 2. The van der Waals surface area contributed by atoms with Crippen molar-refractivity contribution in [1.82, 2.24) is 26.3 Å². The number of aryl methyl sites for hydroxylation is 2. The molecule has 1 aromatic heterocycles. The third-order valence-corrected chi connectivity index (χ3v) is 22.7. The smallest absolute Gasteiger partial charge is 0.394 e. The fraction of sp³-hybridized carbons (Fsp3) is 0.661. The highest BCUT2D eigenvalue weighted by atomic mass is 31.2. The van der Waals surface area contributed by atoms with E-state index in [9.17, 15) is 53.2 Å². The molecule has 2 aromatic rings. The van der Waals surface area contributed by atoms with Crippen molar-refractivity contribution in [1.29, 1.82) is 0 Å². The van der Waals surface area contributed by atoms with Gasteiger partial charge in [-0.2, -0.15) is 4.57 Å². The van der Waals surface area contributed by atoms with Crippen LogP contribution < -0.4 is 60.2 Å². The van der Waals surface area contributed by atoms with Crippen LogP contribution in [0, 0.1) is 59.2 Å². The zero-order valence-corrected chi connectivity index (χ0v) is 54.4. The number of rotatable bonds is 25. The van der Waals surface area contributed by atoms with Gasteiger partial charge in [0.1, 0.15) is 24.4 Å². The van der Waals surface area contributed by atoms with Crippen LogP contribution in [0.2, 0.25) is 0 Å². The lowest BCUT2D eigenvalue weighted by Crippen LogP contribution is -2.64. The summed E-state index contributed by atoms with van der Waals surface area (Å²) in [6.45, 7) is 20.2. The van der Waals surface area contributed by atoms with Gasteiger partial charge >= 0.3 is 7.82 Å². The normalized spacial score (nSPS) is 36.8. The summed E-state index contributed by atoms with van der Waals surface area (Å²) in [4.78, 5) is 112. The lowest BCUT2D eigenvalue weighted by molar-refractivity contribution is -0.743. The molecule has 6 aliphatic rings. The van der Waals surface area contributed by atoms with Crippen LogP contribution in [0.4, 0.5) is 0 Å². The van der Waals surface area contributed by atoms with E-state index < -0.39 is 156 Å². The molecule has 0 aliphatic carbocycles. The zero-order valence-electron chi connectivity index (χ0n) is 53.5. The number of allylic oxidation sites excluding steroid dienone is 3. The van der Waals surface area contributed by atoms with Crippen molar-refractivity contribution in [3.8, 4) is 0 Å². The molecule has 5 saturated heterocycles. The van der Waals surface area contributed by atoms with Crippen molar-refractivity contribution in [2.75, 3.05) is 6.61 Å². The second-order valence-corrected chi connectivity index (χ2v) is 29.1. The molecule has 7 amide bonds. The molecule has 0 spiro atoms. The van der Waals surface area contributed by atoms with Crippen LogP contribution >= 0.6 is 7.82 Å². The maximum atomic E-state index is 14.3. The molecule has 6 aliphatic heterocycles. The van der Waals surface area contributed by atoms with Crippen molar-refractivity contribution >= 4 is 66.4 Å². The Morgan fingerprint density at radius 3 is 1.91 bits per heavy atom. The Balaban J connectivity index is 1.20. The van der Waals surface area contributed by atoms with Crippen LogP contribution in [0.25, 0.3) is 11.0 Å². The number of ether oxygens (including phenoxy) is 1. The van der Waals surface area contributed by atoms with Gasteiger partial charge in [0, 0.05) is 119 Å². The van der Waals surface area contributed by atoms with Gasteiger partial charge < -0.3 is 75.5 Å². The summed E-state index contributed by atoms with van der Waals surface area (Å²) in [5.41, 5.74) is 37.9. The topological polar surface area (TPSA) is 461 Å². The van der Waals surface area contributed by atoms with Gasteiger partial charge in [-0.3, -0.25) is 42.6 Å². The monoisotopic (exact) mass is 1280 g/mol. The summed E-state index contributed by atoms with van der Waals surface area (Å²) in [6, 6.07) is 1.20. The number of hydrogen-bond acceptors (Lipinski definition) is 17. The molecule has 18 atom stereocenters. The van der Waals surface area contributed by atoms with E-state index in [0.717, 1.165) is 34.1 Å². The Morgan fingerprint density at radius 1 is 0.744 bits per heavy atom. The number of aliphatic hydroxyl groups is 2. The number of H-pyrrole nitrogens is 1. The molecule has 7 heterocycles. The van der Waals surface area contributed by atoms with Crippen LogP contribution in [-0.2, 0) is 51.9 Å². The molecule has 28 heteroatoms. The number of hydrogen-bond donors (Lipinski definition) is 14.